The summed E-state index contributed by atoms with van der Waals surface area (Å²) in [6.45, 7) is 5.63. The van der Waals surface area contributed by atoms with Crippen LogP contribution < -0.4 is 8.79 Å². The molecule has 3 rings (SSSR count). The average Bonchev–Trinajstić information content (AvgIpc) is 3.00. The first-order chi connectivity index (χ1) is 13.0. The third-order valence-electron chi connectivity index (χ3n) is 5.38. The van der Waals surface area contributed by atoms with E-state index in [4.69, 9.17) is 4.74 Å². The van der Waals surface area contributed by atoms with E-state index in [9.17, 15) is 23.1 Å². The highest BCUT2D eigenvalue weighted by molar-refractivity contribution is 7.92. The number of hydrogen-bond donors (Lipinski definition) is 1. The first kappa shape index (κ1) is 20.3. The lowest BCUT2D eigenvalue weighted by Gasteiger charge is -2.39. The third-order valence-corrected chi connectivity index (χ3v) is 7.24. The van der Waals surface area contributed by atoms with Gasteiger partial charge in [0.25, 0.3) is 0 Å². The second kappa shape index (κ2) is 6.59. The number of ether oxygens (including phenoxy) is 1. The fourth-order valence-electron chi connectivity index (χ4n) is 3.89. The number of quaternary nitrogens is 1. The molecule has 1 atom stereocenters. The van der Waals surface area contributed by atoms with Gasteiger partial charge in [-0.2, -0.15) is 9.28 Å². The van der Waals surface area contributed by atoms with Gasteiger partial charge in [-0.1, -0.05) is 0 Å². The summed E-state index contributed by atoms with van der Waals surface area (Å²) < 4.78 is 30.9. The quantitative estimate of drug-likeness (QED) is 0.595. The van der Waals surface area contributed by atoms with E-state index in [0.29, 0.717) is 29.8 Å². The number of esters is 1. The van der Waals surface area contributed by atoms with Crippen LogP contribution in [0.25, 0.3) is 6.08 Å². The summed E-state index contributed by atoms with van der Waals surface area (Å²) in [6, 6.07) is 2.96. The minimum Gasteiger partial charge on any atom is -0.465 e. The first-order valence-corrected chi connectivity index (χ1v) is 10.7. The Morgan fingerprint density at radius 3 is 2.43 bits per heavy atom. The summed E-state index contributed by atoms with van der Waals surface area (Å²) in [7, 11) is -2.32. The van der Waals surface area contributed by atoms with Crippen molar-refractivity contribution in [3.8, 4) is 0 Å². The Morgan fingerprint density at radius 1 is 1.21 bits per heavy atom. The van der Waals surface area contributed by atoms with E-state index >= 15 is 0 Å². The number of hydrogen-bond acceptors (Lipinski definition) is 5. The minimum absolute atomic E-state index is 0.0200. The molecule has 0 radical (unpaired) electrons. The number of amides is 1. The average molecular weight is 409 g/mol. The van der Waals surface area contributed by atoms with E-state index in [2.05, 4.69) is 0 Å². The second-order valence-corrected chi connectivity index (χ2v) is 10.0. The molecule has 8 nitrogen and oxygen atoms in total. The van der Waals surface area contributed by atoms with Crippen LogP contribution in [0.1, 0.15) is 49.5 Å². The molecular weight excluding hydrogens is 384 g/mol. The van der Waals surface area contributed by atoms with E-state index < -0.39 is 32.1 Å². The molecule has 1 aromatic rings. The number of rotatable bonds is 2. The highest BCUT2D eigenvalue weighted by Crippen LogP contribution is 2.47. The number of carboxylic acid groups (broad SMARTS) is 1. The van der Waals surface area contributed by atoms with Crippen molar-refractivity contribution in [2.24, 2.45) is 0 Å². The minimum atomic E-state index is -3.55. The number of fused-ring (bicyclic) bond motifs is 1. The second-order valence-electron chi connectivity index (χ2n) is 8.01. The van der Waals surface area contributed by atoms with Crippen LogP contribution in [0.3, 0.4) is 0 Å². The molecule has 152 valence electrons. The van der Waals surface area contributed by atoms with E-state index in [1.807, 2.05) is 0 Å². The predicted octanol–water partition coefficient (Wildman–Crippen LogP) is 3.17. The normalized spacial score (nSPS) is 23.4. The number of nitrogens with zero attached hydrogens (tertiary/aromatic N) is 2. The Kier molecular flexibility index (Phi) is 4.79. The van der Waals surface area contributed by atoms with Crippen LogP contribution in [0.5, 0.6) is 0 Å². The molecule has 1 fully saturated rings. The van der Waals surface area contributed by atoms with Gasteiger partial charge in [0.2, 0.25) is 10.0 Å². The highest BCUT2D eigenvalue weighted by atomic mass is 32.2. The van der Waals surface area contributed by atoms with Gasteiger partial charge in [0.15, 0.2) is 5.69 Å². The molecule has 0 aliphatic carbocycles. The number of carbonyl (C=O) groups is 2. The topological polar surface area (TPSA) is 101 Å². The number of anilines is 1. The highest BCUT2D eigenvalue weighted by Gasteiger charge is 2.53. The van der Waals surface area contributed by atoms with E-state index in [1.165, 1.54) is 29.7 Å². The third kappa shape index (κ3) is 2.89. The molecule has 28 heavy (non-hydrogen) atoms. The van der Waals surface area contributed by atoms with Gasteiger partial charge in [0.1, 0.15) is 11.7 Å². The van der Waals surface area contributed by atoms with Crippen molar-refractivity contribution in [1.82, 2.24) is 4.48 Å². The van der Waals surface area contributed by atoms with Gasteiger partial charge in [0, 0.05) is 18.7 Å². The summed E-state index contributed by atoms with van der Waals surface area (Å²) >= 11 is 0. The number of carbonyl (C=O) groups excluding carboxylic acids is 1. The van der Waals surface area contributed by atoms with Crippen LogP contribution in [0.2, 0.25) is 0 Å². The van der Waals surface area contributed by atoms with Crippen molar-refractivity contribution < 1.29 is 27.9 Å². The lowest BCUT2D eigenvalue weighted by Crippen LogP contribution is -2.60. The lowest BCUT2D eigenvalue weighted by atomic mass is 9.99. The largest absolute Gasteiger partial charge is 0.523 e. The molecule has 1 amide bonds. The predicted molar refractivity (Wildman–Crippen MR) is 107 cm³/mol. The van der Waals surface area contributed by atoms with Crippen LogP contribution in [-0.4, -0.2) is 50.5 Å². The summed E-state index contributed by atoms with van der Waals surface area (Å²) in [5, 5.41) is 10.1. The molecule has 2 heterocycles. The van der Waals surface area contributed by atoms with Crippen LogP contribution in [-0.2, 0) is 14.8 Å². The van der Waals surface area contributed by atoms with Gasteiger partial charge in [0.05, 0.1) is 29.7 Å². The van der Waals surface area contributed by atoms with Crippen molar-refractivity contribution >= 4 is 39.5 Å². The van der Waals surface area contributed by atoms with Crippen molar-refractivity contribution in [2.45, 2.75) is 39.2 Å². The zero-order chi connectivity index (χ0) is 20.9. The van der Waals surface area contributed by atoms with E-state index in [-0.39, 0.29) is 17.9 Å². The van der Waals surface area contributed by atoms with Crippen molar-refractivity contribution in [2.75, 3.05) is 23.7 Å². The van der Waals surface area contributed by atoms with E-state index in [0.717, 1.165) is 0 Å². The molecular formula is C19H25N2O6S+. The summed E-state index contributed by atoms with van der Waals surface area (Å²) in [6.07, 6.45) is 3.32. The van der Waals surface area contributed by atoms with Gasteiger partial charge >= 0.3 is 12.1 Å². The molecule has 9 heteroatoms. The Bertz CT molecular complexity index is 977. The Hall–Kier alpha value is -2.39. The molecule has 1 unspecified atom stereocenters. The van der Waals surface area contributed by atoms with Crippen molar-refractivity contribution in [3.05, 3.63) is 29.5 Å². The standard InChI is InChI=1S/C19H24N2O6S/c1-19(2,3)21(18(23)24)9-7-14-15(20-8-5-6-10-28(20,25)26)11-13(12-16(14)21)17(22)27-4/h7,9,11-12H,5-6,8,10H2,1-4H3/p+1. The van der Waals surface area contributed by atoms with Crippen LogP contribution in [0.4, 0.5) is 16.2 Å². The van der Waals surface area contributed by atoms with Crippen molar-refractivity contribution in [3.63, 3.8) is 0 Å². The zero-order valence-electron chi connectivity index (χ0n) is 16.4. The molecule has 1 aromatic carbocycles. The van der Waals surface area contributed by atoms with Crippen LogP contribution in [0, 0.1) is 0 Å². The molecule has 2 aliphatic rings. The number of methoxy groups -OCH3 is 1. The van der Waals surface area contributed by atoms with Gasteiger partial charge < -0.3 is 9.84 Å². The Morgan fingerprint density at radius 2 is 1.89 bits per heavy atom. The van der Waals surface area contributed by atoms with E-state index in [1.54, 1.807) is 26.8 Å². The zero-order valence-corrected chi connectivity index (χ0v) is 17.2. The van der Waals surface area contributed by atoms with Crippen LogP contribution >= 0.6 is 0 Å². The fraction of sp³-hybridized carbons (Fsp3) is 0.474. The first-order valence-electron chi connectivity index (χ1n) is 9.04. The summed E-state index contributed by atoms with van der Waals surface area (Å²) in [4.78, 5) is 24.6. The molecule has 1 N–H and O–H groups in total. The lowest BCUT2D eigenvalue weighted by molar-refractivity contribution is 0.0600. The molecule has 0 saturated carbocycles. The van der Waals surface area contributed by atoms with Crippen LogP contribution in [0.15, 0.2) is 18.3 Å². The van der Waals surface area contributed by atoms with Gasteiger partial charge in [-0.05, 0) is 39.7 Å². The molecule has 2 aliphatic heterocycles. The molecule has 0 aromatic heterocycles. The Labute approximate surface area is 164 Å². The monoisotopic (exact) mass is 409 g/mol. The molecule has 1 saturated heterocycles. The Balaban J connectivity index is 2.34. The molecule has 0 bridgehead atoms. The number of sulfonamides is 1. The van der Waals surface area contributed by atoms with Crippen molar-refractivity contribution in [1.29, 1.82) is 0 Å². The van der Waals surface area contributed by atoms with Gasteiger partial charge in [-0.3, -0.25) is 4.31 Å². The van der Waals surface area contributed by atoms with Gasteiger partial charge in [-0.25, -0.2) is 13.2 Å². The SMILES string of the molecule is COC(=O)c1cc(N2CCCCS2(=O)=O)c2c(c1)[N+](C(=O)O)(C(C)(C)C)C=C2. The molecule has 0 spiro atoms. The number of benzene rings is 1. The summed E-state index contributed by atoms with van der Waals surface area (Å²) in [5.41, 5.74) is 0.502. The van der Waals surface area contributed by atoms with Gasteiger partial charge in [-0.15, -0.1) is 0 Å². The maximum atomic E-state index is 12.7. The summed E-state index contributed by atoms with van der Waals surface area (Å²) in [5.74, 6) is -0.630. The smallest absolute Gasteiger partial charge is 0.465 e. The maximum absolute atomic E-state index is 12.7. The maximum Gasteiger partial charge on any atom is 0.523 e. The fourth-order valence-corrected chi connectivity index (χ4v) is 5.54.